The highest BCUT2D eigenvalue weighted by Gasteiger charge is 2.37. The van der Waals surface area contributed by atoms with Gasteiger partial charge in [0.25, 0.3) is 0 Å². The van der Waals surface area contributed by atoms with E-state index in [1.54, 1.807) is 0 Å². The van der Waals surface area contributed by atoms with E-state index in [0.29, 0.717) is 32.2 Å². The van der Waals surface area contributed by atoms with Crippen molar-refractivity contribution < 1.29 is 31.1 Å². The second-order valence-corrected chi connectivity index (χ2v) is 7.88. The van der Waals surface area contributed by atoms with Crippen LogP contribution in [0.25, 0.3) is 0 Å². The first-order valence-corrected chi connectivity index (χ1v) is 9.22. The molecule has 0 aromatic heterocycles. The van der Waals surface area contributed by atoms with Gasteiger partial charge in [0.1, 0.15) is 6.04 Å². The number of carbonyl (C=O) groups excluding carboxylic acids is 1. The van der Waals surface area contributed by atoms with Crippen molar-refractivity contribution >= 4 is 16.0 Å². The van der Waals surface area contributed by atoms with Gasteiger partial charge in [-0.15, -0.1) is 0 Å². The molecule has 2 fully saturated rings. The molecule has 1 unspecified atom stereocenters. The van der Waals surface area contributed by atoms with Gasteiger partial charge in [-0.05, 0) is 18.2 Å². The first-order chi connectivity index (χ1) is 11.7. The number of sulfonamides is 1. The molecule has 10 heteroatoms. The van der Waals surface area contributed by atoms with Crippen LogP contribution in [-0.2, 0) is 25.7 Å². The molecule has 0 N–H and O–H groups in total. The molecule has 25 heavy (non-hydrogen) atoms. The number of hydrogen-bond acceptors (Lipinski definition) is 5. The monoisotopic (exact) mass is 378 g/mol. The number of nitrogens with zero attached hydrogens (tertiary/aromatic N) is 2. The Morgan fingerprint density at radius 2 is 1.80 bits per heavy atom. The van der Waals surface area contributed by atoms with Gasteiger partial charge in [0.15, 0.2) is 0 Å². The fourth-order valence-corrected chi connectivity index (χ4v) is 4.52. The molecule has 1 atom stereocenters. The van der Waals surface area contributed by atoms with E-state index in [9.17, 15) is 26.4 Å². The molecule has 3 rings (SSSR count). The van der Waals surface area contributed by atoms with Gasteiger partial charge in [0, 0.05) is 32.6 Å². The number of benzene rings is 1. The normalized spacial score (nSPS) is 23.6. The number of halogens is 3. The molecular formula is C15H17F3N2O4S. The Morgan fingerprint density at radius 3 is 2.36 bits per heavy atom. The summed E-state index contributed by atoms with van der Waals surface area (Å²) in [5, 5.41) is 0. The molecule has 2 heterocycles. The summed E-state index contributed by atoms with van der Waals surface area (Å²) in [6, 6.07) is 3.36. The minimum absolute atomic E-state index is 0.113. The molecule has 0 spiro atoms. The van der Waals surface area contributed by atoms with Gasteiger partial charge in [-0.2, -0.15) is 17.5 Å². The van der Waals surface area contributed by atoms with Crippen molar-refractivity contribution in [2.24, 2.45) is 0 Å². The van der Waals surface area contributed by atoms with Crippen molar-refractivity contribution in [1.29, 1.82) is 0 Å². The average Bonchev–Trinajstić information content (AvgIpc) is 3.00. The molecule has 0 bridgehead atoms. The van der Waals surface area contributed by atoms with E-state index in [4.69, 9.17) is 4.74 Å². The van der Waals surface area contributed by atoms with Gasteiger partial charge in [0.2, 0.25) is 10.0 Å². The Hall–Kier alpha value is -1.65. The van der Waals surface area contributed by atoms with Crippen molar-refractivity contribution in [3.05, 3.63) is 29.8 Å². The summed E-state index contributed by atoms with van der Waals surface area (Å²) in [5.41, 5.74) is -0.999. The molecule has 0 aliphatic carbocycles. The lowest BCUT2D eigenvalue weighted by Crippen LogP contribution is -2.52. The van der Waals surface area contributed by atoms with Crippen LogP contribution < -0.4 is 0 Å². The first kappa shape index (κ1) is 18.2. The van der Waals surface area contributed by atoms with E-state index >= 15 is 0 Å². The Morgan fingerprint density at radius 1 is 1.12 bits per heavy atom. The van der Waals surface area contributed by atoms with Gasteiger partial charge in [-0.3, -0.25) is 9.69 Å². The van der Waals surface area contributed by atoms with Crippen molar-refractivity contribution in [2.75, 3.05) is 32.8 Å². The van der Waals surface area contributed by atoms with Gasteiger partial charge in [-0.1, -0.05) is 6.07 Å². The minimum atomic E-state index is -4.60. The number of alkyl halides is 3. The van der Waals surface area contributed by atoms with Crippen LogP contribution >= 0.6 is 0 Å². The standard InChI is InChI=1S/C15H17F3N2O4S/c16-15(17,18)11-2-1-3-12(10-11)25(22,23)20-7-5-19(6-8-20)13-4-9-24-14(13)21/h1-3,10,13H,4-9H2. The Labute approximate surface area is 143 Å². The average molecular weight is 378 g/mol. The van der Waals surface area contributed by atoms with Crippen molar-refractivity contribution in [2.45, 2.75) is 23.5 Å². The molecule has 1 aromatic rings. The van der Waals surface area contributed by atoms with Crippen molar-refractivity contribution in [1.82, 2.24) is 9.21 Å². The maximum atomic E-state index is 12.8. The maximum Gasteiger partial charge on any atom is 0.416 e. The van der Waals surface area contributed by atoms with Gasteiger partial charge in [-0.25, -0.2) is 8.42 Å². The van der Waals surface area contributed by atoms with E-state index in [1.807, 2.05) is 4.90 Å². The van der Waals surface area contributed by atoms with Crippen LogP contribution in [0.5, 0.6) is 0 Å². The van der Waals surface area contributed by atoms with Crippen LogP contribution in [-0.4, -0.2) is 62.4 Å². The van der Waals surface area contributed by atoms with Gasteiger partial charge < -0.3 is 4.74 Å². The molecule has 138 valence electrons. The van der Waals surface area contributed by atoms with E-state index in [1.165, 1.54) is 0 Å². The third kappa shape index (κ3) is 3.65. The third-order valence-electron chi connectivity index (χ3n) is 4.42. The quantitative estimate of drug-likeness (QED) is 0.743. The topological polar surface area (TPSA) is 66.9 Å². The number of cyclic esters (lactones) is 1. The van der Waals surface area contributed by atoms with Crippen LogP contribution in [0.15, 0.2) is 29.2 Å². The second kappa shape index (κ2) is 6.58. The summed E-state index contributed by atoms with van der Waals surface area (Å²) in [6.07, 6.45) is -4.04. The van der Waals surface area contributed by atoms with E-state index in [-0.39, 0.29) is 30.0 Å². The van der Waals surface area contributed by atoms with Gasteiger partial charge in [0.05, 0.1) is 17.1 Å². The number of hydrogen-bond donors (Lipinski definition) is 0. The first-order valence-electron chi connectivity index (χ1n) is 7.78. The fraction of sp³-hybridized carbons (Fsp3) is 0.533. The van der Waals surface area contributed by atoms with Crippen LogP contribution in [0.2, 0.25) is 0 Å². The highest BCUT2D eigenvalue weighted by atomic mass is 32.2. The largest absolute Gasteiger partial charge is 0.464 e. The third-order valence-corrected chi connectivity index (χ3v) is 6.32. The van der Waals surface area contributed by atoms with E-state index < -0.39 is 21.8 Å². The predicted octanol–water partition coefficient (Wildman–Crippen LogP) is 1.33. The van der Waals surface area contributed by atoms with E-state index in [0.717, 1.165) is 22.5 Å². The molecule has 1 aromatic carbocycles. The summed E-state index contributed by atoms with van der Waals surface area (Å²) in [6.45, 7) is 1.24. The molecule has 2 aliphatic heterocycles. The molecular weight excluding hydrogens is 361 g/mol. The van der Waals surface area contributed by atoms with Crippen molar-refractivity contribution in [3.63, 3.8) is 0 Å². The summed E-state index contributed by atoms with van der Waals surface area (Å²) < 4.78 is 69.7. The lowest BCUT2D eigenvalue weighted by atomic mass is 10.2. The maximum absolute atomic E-state index is 12.8. The summed E-state index contributed by atoms with van der Waals surface area (Å²) in [4.78, 5) is 13.1. The molecule has 2 saturated heterocycles. The van der Waals surface area contributed by atoms with Crippen LogP contribution in [0.4, 0.5) is 13.2 Å². The molecule has 0 radical (unpaired) electrons. The Kier molecular flexibility index (Phi) is 4.78. The number of piperazine rings is 1. The highest BCUT2D eigenvalue weighted by molar-refractivity contribution is 7.89. The fourth-order valence-electron chi connectivity index (χ4n) is 3.05. The zero-order valence-electron chi connectivity index (χ0n) is 13.2. The number of ether oxygens (including phenoxy) is 1. The summed E-state index contributed by atoms with van der Waals surface area (Å²) in [7, 11) is -4.01. The zero-order valence-corrected chi connectivity index (χ0v) is 14.0. The molecule has 0 saturated carbocycles. The number of rotatable bonds is 3. The zero-order chi connectivity index (χ0) is 18.2. The number of esters is 1. The van der Waals surface area contributed by atoms with E-state index in [2.05, 4.69) is 0 Å². The molecule has 6 nitrogen and oxygen atoms in total. The SMILES string of the molecule is O=C1OCCC1N1CCN(S(=O)(=O)c2cccc(C(F)(F)F)c2)CC1. The van der Waals surface area contributed by atoms with Crippen molar-refractivity contribution in [3.8, 4) is 0 Å². The lowest BCUT2D eigenvalue weighted by Gasteiger charge is -2.35. The molecule has 0 amide bonds. The van der Waals surface area contributed by atoms with Gasteiger partial charge >= 0.3 is 12.1 Å². The van der Waals surface area contributed by atoms with Crippen LogP contribution in [0, 0.1) is 0 Å². The minimum Gasteiger partial charge on any atom is -0.464 e. The predicted molar refractivity (Wildman–Crippen MR) is 81.1 cm³/mol. The highest BCUT2D eigenvalue weighted by Crippen LogP contribution is 2.31. The lowest BCUT2D eigenvalue weighted by molar-refractivity contribution is -0.142. The van der Waals surface area contributed by atoms with Crippen LogP contribution in [0.1, 0.15) is 12.0 Å². The number of carbonyl (C=O) groups is 1. The Balaban J connectivity index is 1.73. The molecule has 2 aliphatic rings. The summed E-state index contributed by atoms with van der Waals surface area (Å²) >= 11 is 0. The van der Waals surface area contributed by atoms with Crippen LogP contribution in [0.3, 0.4) is 0 Å². The summed E-state index contributed by atoms with van der Waals surface area (Å²) in [5.74, 6) is -0.311. The second-order valence-electron chi connectivity index (χ2n) is 5.94. The Bertz CT molecular complexity index is 758. The smallest absolute Gasteiger partial charge is 0.416 e.